The topological polar surface area (TPSA) is 49.6 Å². The Kier molecular flexibility index (Phi) is 3.19. The van der Waals surface area contributed by atoms with E-state index in [9.17, 15) is 4.79 Å². The number of carbonyl (C=O) groups is 1. The van der Waals surface area contributed by atoms with Crippen molar-refractivity contribution in [3.8, 4) is 0 Å². The summed E-state index contributed by atoms with van der Waals surface area (Å²) in [7, 11) is 1.90. The lowest BCUT2D eigenvalue weighted by atomic mass is 10.1. The van der Waals surface area contributed by atoms with Crippen LogP contribution in [0.1, 0.15) is 24.8 Å². The van der Waals surface area contributed by atoms with Gasteiger partial charge in [0.25, 0.3) is 0 Å². The van der Waals surface area contributed by atoms with Gasteiger partial charge in [-0.15, -0.1) is 0 Å². The molecule has 1 aliphatic carbocycles. The summed E-state index contributed by atoms with van der Waals surface area (Å²) in [6.07, 6.45) is 3.41. The number of benzene rings is 1. The highest BCUT2D eigenvalue weighted by Gasteiger charge is 2.40. The average molecular weight is 259 g/mol. The van der Waals surface area contributed by atoms with Crippen LogP contribution < -0.4 is 5.73 Å². The predicted octanol–water partition coefficient (Wildman–Crippen LogP) is 1.46. The number of likely N-dealkylation sites (N-methyl/N-ethyl adjacent to an activating group) is 1. The van der Waals surface area contributed by atoms with Gasteiger partial charge < -0.3 is 10.6 Å². The van der Waals surface area contributed by atoms with Crippen LogP contribution in [0.3, 0.4) is 0 Å². The van der Waals surface area contributed by atoms with Crippen LogP contribution in [0.2, 0.25) is 0 Å². The van der Waals surface area contributed by atoms with Crippen molar-refractivity contribution in [2.75, 3.05) is 19.3 Å². The quantitative estimate of drug-likeness (QED) is 0.833. The standard InChI is InChI=1S/C15H21N3O/c1-17-9-8-14(15(17)19)18(13-6-7-13)10-11-2-4-12(16)5-3-11/h2-5,13-14H,6-10,16H2,1H3. The molecule has 1 aromatic rings. The lowest BCUT2D eigenvalue weighted by Crippen LogP contribution is -2.41. The van der Waals surface area contributed by atoms with Crippen LogP contribution in [-0.2, 0) is 11.3 Å². The van der Waals surface area contributed by atoms with Crippen molar-refractivity contribution in [3.63, 3.8) is 0 Å². The largest absolute Gasteiger partial charge is 0.399 e. The number of likely N-dealkylation sites (tertiary alicyclic amines) is 1. The maximum absolute atomic E-state index is 12.2. The molecule has 4 nitrogen and oxygen atoms in total. The fraction of sp³-hybridized carbons (Fsp3) is 0.533. The van der Waals surface area contributed by atoms with Crippen LogP contribution in [0.25, 0.3) is 0 Å². The summed E-state index contributed by atoms with van der Waals surface area (Å²) in [4.78, 5) is 16.4. The molecular weight excluding hydrogens is 238 g/mol. The van der Waals surface area contributed by atoms with E-state index in [2.05, 4.69) is 17.0 Å². The molecular formula is C15H21N3O. The Morgan fingerprint density at radius 1 is 1.26 bits per heavy atom. The highest BCUT2D eigenvalue weighted by atomic mass is 16.2. The van der Waals surface area contributed by atoms with E-state index in [1.165, 1.54) is 18.4 Å². The molecule has 2 fully saturated rings. The number of hydrogen-bond acceptors (Lipinski definition) is 3. The molecule has 0 aromatic heterocycles. The molecule has 102 valence electrons. The van der Waals surface area contributed by atoms with Crippen molar-refractivity contribution >= 4 is 11.6 Å². The summed E-state index contributed by atoms with van der Waals surface area (Å²) in [5.74, 6) is 0.280. The highest BCUT2D eigenvalue weighted by molar-refractivity contribution is 5.83. The van der Waals surface area contributed by atoms with E-state index in [0.29, 0.717) is 6.04 Å². The molecule has 0 spiro atoms. The zero-order valence-corrected chi connectivity index (χ0v) is 11.4. The summed E-state index contributed by atoms with van der Waals surface area (Å²) in [6.45, 7) is 1.74. The second-order valence-corrected chi connectivity index (χ2v) is 5.71. The van der Waals surface area contributed by atoms with E-state index >= 15 is 0 Å². The predicted molar refractivity (Wildman–Crippen MR) is 75.5 cm³/mol. The van der Waals surface area contributed by atoms with Crippen molar-refractivity contribution in [3.05, 3.63) is 29.8 Å². The van der Waals surface area contributed by atoms with Crippen molar-refractivity contribution < 1.29 is 4.79 Å². The van der Waals surface area contributed by atoms with E-state index in [1.807, 2.05) is 24.1 Å². The minimum Gasteiger partial charge on any atom is -0.399 e. The van der Waals surface area contributed by atoms with E-state index < -0.39 is 0 Å². The lowest BCUT2D eigenvalue weighted by molar-refractivity contribution is -0.131. The first-order valence-corrected chi connectivity index (χ1v) is 7.00. The first-order valence-electron chi connectivity index (χ1n) is 7.00. The lowest BCUT2D eigenvalue weighted by Gasteiger charge is -2.27. The normalized spacial score (nSPS) is 23.4. The smallest absolute Gasteiger partial charge is 0.239 e. The van der Waals surface area contributed by atoms with Crippen molar-refractivity contribution in [1.29, 1.82) is 0 Å². The Bertz CT molecular complexity index is 467. The van der Waals surface area contributed by atoms with Gasteiger partial charge in [0.1, 0.15) is 0 Å². The number of anilines is 1. The summed E-state index contributed by atoms with van der Waals surface area (Å²) < 4.78 is 0. The third-order valence-electron chi connectivity index (χ3n) is 4.16. The maximum Gasteiger partial charge on any atom is 0.239 e. The van der Waals surface area contributed by atoms with Crippen LogP contribution in [0, 0.1) is 0 Å². The molecule has 0 bridgehead atoms. The van der Waals surface area contributed by atoms with Gasteiger partial charge in [0.2, 0.25) is 5.91 Å². The maximum atomic E-state index is 12.2. The van der Waals surface area contributed by atoms with E-state index in [4.69, 9.17) is 5.73 Å². The summed E-state index contributed by atoms with van der Waals surface area (Å²) in [5.41, 5.74) is 7.75. The molecule has 1 aliphatic heterocycles. The fourth-order valence-corrected chi connectivity index (χ4v) is 2.85. The van der Waals surface area contributed by atoms with Crippen molar-refractivity contribution in [2.24, 2.45) is 0 Å². The molecule has 1 amide bonds. The number of nitrogens with zero attached hydrogens (tertiary/aromatic N) is 2. The van der Waals surface area contributed by atoms with Gasteiger partial charge in [0, 0.05) is 31.9 Å². The van der Waals surface area contributed by atoms with Crippen LogP contribution >= 0.6 is 0 Å². The second kappa shape index (κ2) is 4.85. The second-order valence-electron chi connectivity index (χ2n) is 5.71. The number of carbonyl (C=O) groups excluding carboxylic acids is 1. The van der Waals surface area contributed by atoms with Crippen LogP contribution in [0.5, 0.6) is 0 Å². The Hall–Kier alpha value is -1.55. The van der Waals surface area contributed by atoms with Gasteiger partial charge in [0.05, 0.1) is 6.04 Å². The van der Waals surface area contributed by atoms with Gasteiger partial charge in [-0.1, -0.05) is 12.1 Å². The molecule has 19 heavy (non-hydrogen) atoms. The van der Waals surface area contributed by atoms with Crippen LogP contribution in [0.4, 0.5) is 5.69 Å². The molecule has 1 heterocycles. The molecule has 1 aromatic carbocycles. The number of hydrogen-bond donors (Lipinski definition) is 1. The molecule has 1 saturated carbocycles. The van der Waals surface area contributed by atoms with Crippen LogP contribution in [0.15, 0.2) is 24.3 Å². The minimum atomic E-state index is 0.0788. The Labute approximate surface area is 114 Å². The summed E-state index contributed by atoms with van der Waals surface area (Å²) >= 11 is 0. The Morgan fingerprint density at radius 2 is 1.95 bits per heavy atom. The number of amides is 1. The molecule has 2 N–H and O–H groups in total. The number of rotatable bonds is 4. The SMILES string of the molecule is CN1CCC(N(Cc2ccc(N)cc2)C2CC2)C1=O. The molecule has 2 aliphatic rings. The van der Waals surface area contributed by atoms with Crippen LogP contribution in [-0.4, -0.2) is 41.4 Å². The van der Waals surface area contributed by atoms with E-state index in [1.54, 1.807) is 0 Å². The molecule has 4 heteroatoms. The van der Waals surface area contributed by atoms with Crippen molar-refractivity contribution in [1.82, 2.24) is 9.80 Å². The Balaban J connectivity index is 1.74. The van der Waals surface area contributed by atoms with Crippen molar-refractivity contribution in [2.45, 2.75) is 37.9 Å². The third-order valence-corrected chi connectivity index (χ3v) is 4.16. The first-order chi connectivity index (χ1) is 9.15. The monoisotopic (exact) mass is 259 g/mol. The molecule has 3 rings (SSSR count). The van der Waals surface area contributed by atoms with Gasteiger partial charge in [-0.05, 0) is 37.0 Å². The Morgan fingerprint density at radius 3 is 2.47 bits per heavy atom. The van der Waals surface area contributed by atoms with Gasteiger partial charge in [-0.2, -0.15) is 0 Å². The minimum absolute atomic E-state index is 0.0788. The van der Waals surface area contributed by atoms with Gasteiger partial charge >= 0.3 is 0 Å². The van der Waals surface area contributed by atoms with Gasteiger partial charge in [0.15, 0.2) is 0 Å². The van der Waals surface area contributed by atoms with Gasteiger partial charge in [-0.3, -0.25) is 9.69 Å². The summed E-state index contributed by atoms with van der Waals surface area (Å²) in [6, 6.07) is 8.67. The summed E-state index contributed by atoms with van der Waals surface area (Å²) in [5, 5.41) is 0. The number of nitrogens with two attached hydrogens (primary N) is 1. The highest BCUT2D eigenvalue weighted by Crippen LogP contribution is 2.33. The first kappa shape index (κ1) is 12.5. The van der Waals surface area contributed by atoms with E-state index in [-0.39, 0.29) is 11.9 Å². The molecule has 0 radical (unpaired) electrons. The zero-order chi connectivity index (χ0) is 13.4. The number of nitrogen functional groups attached to an aromatic ring is 1. The van der Waals surface area contributed by atoms with Gasteiger partial charge in [-0.25, -0.2) is 0 Å². The third kappa shape index (κ3) is 2.59. The zero-order valence-electron chi connectivity index (χ0n) is 11.4. The molecule has 1 unspecified atom stereocenters. The van der Waals surface area contributed by atoms with E-state index in [0.717, 1.165) is 25.2 Å². The molecule has 1 atom stereocenters. The molecule has 1 saturated heterocycles. The average Bonchev–Trinajstić information content (AvgIpc) is 3.18. The fourth-order valence-electron chi connectivity index (χ4n) is 2.85.